The SMILES string of the molecule is O=C(Cc1ccc2c(c1)CC(c1cccnc1)=N2)c1ccc(CO)cc1. The molecule has 26 heavy (non-hydrogen) atoms. The monoisotopic (exact) mass is 342 g/mol. The van der Waals surface area contributed by atoms with Crippen LogP contribution in [0, 0.1) is 0 Å². The molecule has 0 saturated carbocycles. The number of hydrogen-bond donors (Lipinski definition) is 1. The quantitative estimate of drug-likeness (QED) is 0.720. The Balaban J connectivity index is 1.49. The number of rotatable bonds is 5. The third kappa shape index (κ3) is 3.32. The highest BCUT2D eigenvalue weighted by atomic mass is 16.3. The number of carbonyl (C=O) groups is 1. The molecule has 4 rings (SSSR count). The number of aliphatic hydroxyl groups excluding tert-OH is 1. The molecule has 0 fully saturated rings. The van der Waals surface area contributed by atoms with Gasteiger partial charge in [-0.2, -0.15) is 0 Å². The molecule has 4 heteroatoms. The van der Waals surface area contributed by atoms with Gasteiger partial charge in [0.2, 0.25) is 0 Å². The fraction of sp³-hybridized carbons (Fsp3) is 0.136. The van der Waals surface area contributed by atoms with Crippen LogP contribution in [-0.2, 0) is 19.4 Å². The van der Waals surface area contributed by atoms with Gasteiger partial charge in [-0.1, -0.05) is 42.5 Å². The Bertz CT molecular complexity index is 977. The molecule has 0 unspecified atom stereocenters. The minimum Gasteiger partial charge on any atom is -0.392 e. The van der Waals surface area contributed by atoms with E-state index in [1.807, 2.05) is 30.5 Å². The molecule has 128 valence electrons. The van der Waals surface area contributed by atoms with Crippen molar-refractivity contribution < 1.29 is 9.90 Å². The number of aliphatic hydroxyl groups is 1. The number of benzene rings is 2. The maximum atomic E-state index is 12.5. The van der Waals surface area contributed by atoms with Crippen molar-refractivity contribution in [2.75, 3.05) is 0 Å². The highest BCUT2D eigenvalue weighted by molar-refractivity contribution is 6.06. The molecule has 0 saturated heterocycles. The van der Waals surface area contributed by atoms with Crippen molar-refractivity contribution in [3.63, 3.8) is 0 Å². The van der Waals surface area contributed by atoms with Crippen LogP contribution in [0.1, 0.15) is 32.6 Å². The van der Waals surface area contributed by atoms with E-state index in [9.17, 15) is 4.79 Å². The maximum absolute atomic E-state index is 12.5. The van der Waals surface area contributed by atoms with Crippen LogP contribution in [0.4, 0.5) is 5.69 Å². The second-order valence-corrected chi connectivity index (χ2v) is 6.40. The fourth-order valence-electron chi connectivity index (χ4n) is 3.15. The highest BCUT2D eigenvalue weighted by Gasteiger charge is 2.17. The zero-order valence-electron chi connectivity index (χ0n) is 14.2. The standard InChI is InChI=1S/C22H18N2O2/c25-14-15-3-6-17(7-4-15)22(26)11-16-5-8-20-19(10-16)12-21(24-20)18-2-1-9-23-13-18/h1-10,13,25H,11-12,14H2. The molecule has 0 bridgehead atoms. The van der Waals surface area contributed by atoms with Crippen molar-refractivity contribution in [1.29, 1.82) is 0 Å². The van der Waals surface area contributed by atoms with Crippen LogP contribution in [0.5, 0.6) is 0 Å². The number of pyridine rings is 1. The summed E-state index contributed by atoms with van der Waals surface area (Å²) < 4.78 is 0. The van der Waals surface area contributed by atoms with Gasteiger partial charge in [-0.3, -0.25) is 14.8 Å². The zero-order valence-corrected chi connectivity index (χ0v) is 14.2. The molecule has 1 N–H and O–H groups in total. The summed E-state index contributed by atoms with van der Waals surface area (Å²) in [5, 5.41) is 9.10. The molecular weight excluding hydrogens is 324 g/mol. The predicted molar refractivity (Wildman–Crippen MR) is 101 cm³/mol. The Kier molecular flexibility index (Phi) is 4.42. The van der Waals surface area contributed by atoms with E-state index in [4.69, 9.17) is 5.11 Å². The first-order chi connectivity index (χ1) is 12.7. The number of nitrogens with zero attached hydrogens (tertiary/aromatic N) is 2. The van der Waals surface area contributed by atoms with E-state index in [1.165, 1.54) is 0 Å². The van der Waals surface area contributed by atoms with Crippen LogP contribution in [-0.4, -0.2) is 21.6 Å². The van der Waals surface area contributed by atoms with E-state index in [0.717, 1.165) is 40.1 Å². The predicted octanol–water partition coefficient (Wildman–Crippen LogP) is 3.68. The average molecular weight is 342 g/mol. The number of hydrogen-bond acceptors (Lipinski definition) is 4. The lowest BCUT2D eigenvalue weighted by Crippen LogP contribution is -2.04. The first kappa shape index (κ1) is 16.4. The summed E-state index contributed by atoms with van der Waals surface area (Å²) in [5.41, 5.74) is 6.61. The van der Waals surface area contributed by atoms with E-state index in [2.05, 4.69) is 16.0 Å². The molecule has 0 spiro atoms. The third-order valence-corrected chi connectivity index (χ3v) is 4.58. The molecule has 3 aromatic rings. The Morgan fingerprint density at radius 2 is 1.85 bits per heavy atom. The van der Waals surface area contributed by atoms with Crippen molar-refractivity contribution in [2.45, 2.75) is 19.4 Å². The summed E-state index contributed by atoms with van der Waals surface area (Å²) in [6.07, 6.45) is 4.69. The summed E-state index contributed by atoms with van der Waals surface area (Å²) in [5.74, 6) is 0.0702. The number of Topliss-reactive ketones (excluding diaryl/α,β-unsaturated/α-hetero) is 1. The smallest absolute Gasteiger partial charge is 0.167 e. The van der Waals surface area contributed by atoms with Gasteiger partial charge < -0.3 is 5.11 Å². The second-order valence-electron chi connectivity index (χ2n) is 6.40. The molecule has 1 aromatic heterocycles. The van der Waals surface area contributed by atoms with Crippen LogP contribution >= 0.6 is 0 Å². The summed E-state index contributed by atoms with van der Waals surface area (Å²) in [4.78, 5) is 21.3. The van der Waals surface area contributed by atoms with Gasteiger partial charge in [0, 0.05) is 36.4 Å². The summed E-state index contributed by atoms with van der Waals surface area (Å²) in [6, 6.07) is 17.0. The van der Waals surface area contributed by atoms with E-state index in [-0.39, 0.29) is 12.4 Å². The molecule has 0 aliphatic carbocycles. The van der Waals surface area contributed by atoms with Crippen LogP contribution in [0.2, 0.25) is 0 Å². The lowest BCUT2D eigenvalue weighted by Gasteiger charge is -2.05. The third-order valence-electron chi connectivity index (χ3n) is 4.58. The largest absolute Gasteiger partial charge is 0.392 e. The van der Waals surface area contributed by atoms with Gasteiger partial charge in [0.1, 0.15) is 0 Å². The van der Waals surface area contributed by atoms with E-state index in [1.54, 1.807) is 30.5 Å². The lowest BCUT2D eigenvalue weighted by molar-refractivity contribution is 0.0993. The van der Waals surface area contributed by atoms with Crippen molar-refractivity contribution in [1.82, 2.24) is 4.98 Å². The Hall–Kier alpha value is -3.11. The Morgan fingerprint density at radius 3 is 2.58 bits per heavy atom. The lowest BCUT2D eigenvalue weighted by atomic mass is 9.98. The Morgan fingerprint density at radius 1 is 1.04 bits per heavy atom. The average Bonchev–Trinajstić information content (AvgIpc) is 3.12. The minimum atomic E-state index is -0.0153. The van der Waals surface area contributed by atoms with Gasteiger partial charge in [-0.05, 0) is 28.8 Å². The fourth-order valence-corrected chi connectivity index (χ4v) is 3.15. The summed E-state index contributed by atoms with van der Waals surface area (Å²) >= 11 is 0. The van der Waals surface area contributed by atoms with Gasteiger partial charge in [-0.15, -0.1) is 0 Å². The second kappa shape index (κ2) is 7.02. The number of carbonyl (C=O) groups excluding carboxylic acids is 1. The van der Waals surface area contributed by atoms with E-state index >= 15 is 0 Å². The van der Waals surface area contributed by atoms with Gasteiger partial charge in [0.25, 0.3) is 0 Å². The molecular formula is C22H18N2O2. The van der Waals surface area contributed by atoms with Crippen molar-refractivity contribution in [3.05, 3.63) is 94.8 Å². The van der Waals surface area contributed by atoms with Gasteiger partial charge in [0.05, 0.1) is 18.0 Å². The Labute approximate surface area is 151 Å². The van der Waals surface area contributed by atoms with Gasteiger partial charge in [0.15, 0.2) is 5.78 Å². The maximum Gasteiger partial charge on any atom is 0.167 e. The number of ketones is 1. The first-order valence-corrected chi connectivity index (χ1v) is 8.56. The van der Waals surface area contributed by atoms with Crippen molar-refractivity contribution in [3.8, 4) is 0 Å². The topological polar surface area (TPSA) is 62.5 Å². The van der Waals surface area contributed by atoms with Crippen molar-refractivity contribution >= 4 is 17.2 Å². The van der Waals surface area contributed by atoms with E-state index in [0.29, 0.717) is 12.0 Å². The number of aromatic nitrogens is 1. The van der Waals surface area contributed by atoms with Crippen LogP contribution in [0.15, 0.2) is 72.0 Å². The van der Waals surface area contributed by atoms with Crippen LogP contribution < -0.4 is 0 Å². The highest BCUT2D eigenvalue weighted by Crippen LogP contribution is 2.30. The molecule has 0 atom stereocenters. The molecule has 0 radical (unpaired) electrons. The number of aliphatic imine (C=N–C) groups is 1. The molecule has 2 aromatic carbocycles. The summed E-state index contributed by atoms with van der Waals surface area (Å²) in [6.45, 7) is -0.0153. The summed E-state index contributed by atoms with van der Waals surface area (Å²) in [7, 11) is 0. The normalized spacial score (nSPS) is 12.6. The molecule has 1 aliphatic heterocycles. The molecule has 2 heterocycles. The minimum absolute atomic E-state index is 0.0153. The zero-order chi connectivity index (χ0) is 17.9. The van der Waals surface area contributed by atoms with E-state index < -0.39 is 0 Å². The molecule has 0 amide bonds. The van der Waals surface area contributed by atoms with Crippen molar-refractivity contribution in [2.24, 2.45) is 4.99 Å². The first-order valence-electron chi connectivity index (χ1n) is 8.56. The van der Waals surface area contributed by atoms with Crippen LogP contribution in [0.3, 0.4) is 0 Å². The van der Waals surface area contributed by atoms with Gasteiger partial charge in [-0.25, -0.2) is 0 Å². The number of fused-ring (bicyclic) bond motifs is 1. The molecule has 4 nitrogen and oxygen atoms in total. The molecule has 1 aliphatic rings. The van der Waals surface area contributed by atoms with Gasteiger partial charge >= 0.3 is 0 Å². The van der Waals surface area contributed by atoms with Crippen LogP contribution in [0.25, 0.3) is 0 Å².